The van der Waals surface area contributed by atoms with E-state index in [-0.39, 0.29) is 5.82 Å². The number of nitrogens with two attached hydrogens (primary N) is 1. The molecule has 1 aromatic rings. The molecule has 3 nitrogen and oxygen atoms in total. The van der Waals surface area contributed by atoms with Crippen molar-refractivity contribution in [1.82, 2.24) is 0 Å². The fourth-order valence-corrected chi connectivity index (χ4v) is 1.73. The molecule has 0 unspecified atom stereocenters. The Morgan fingerprint density at radius 1 is 1.33 bits per heavy atom. The van der Waals surface area contributed by atoms with Crippen molar-refractivity contribution in [2.75, 3.05) is 24.3 Å². The van der Waals surface area contributed by atoms with Gasteiger partial charge in [0.15, 0.2) is 0 Å². The van der Waals surface area contributed by atoms with Gasteiger partial charge in [0.25, 0.3) is 0 Å². The van der Waals surface area contributed by atoms with Crippen molar-refractivity contribution >= 4 is 11.4 Å². The molecule has 1 fully saturated rings. The van der Waals surface area contributed by atoms with E-state index in [9.17, 15) is 4.39 Å². The minimum absolute atomic E-state index is 0.301. The number of nitrogens with one attached hydrogen (secondary N) is 1. The molecule has 82 valence electrons. The predicted molar refractivity (Wildman–Crippen MR) is 58.3 cm³/mol. The number of benzene rings is 1. The van der Waals surface area contributed by atoms with Gasteiger partial charge in [0.05, 0.1) is 11.4 Å². The zero-order chi connectivity index (χ0) is 10.7. The van der Waals surface area contributed by atoms with Crippen LogP contribution in [0.2, 0.25) is 0 Å². The lowest BCUT2D eigenvalue weighted by atomic mass is 10.1. The van der Waals surface area contributed by atoms with E-state index in [1.54, 1.807) is 6.07 Å². The summed E-state index contributed by atoms with van der Waals surface area (Å²) in [5.41, 5.74) is 6.97. The Bertz CT molecular complexity index is 337. The van der Waals surface area contributed by atoms with Crippen molar-refractivity contribution < 1.29 is 9.13 Å². The molecule has 3 N–H and O–H groups in total. The molecule has 0 amide bonds. The summed E-state index contributed by atoms with van der Waals surface area (Å²) in [4.78, 5) is 0. The van der Waals surface area contributed by atoms with Gasteiger partial charge in [-0.3, -0.25) is 0 Å². The molecular weight excluding hydrogens is 195 g/mol. The van der Waals surface area contributed by atoms with Crippen LogP contribution < -0.4 is 11.1 Å². The van der Waals surface area contributed by atoms with E-state index in [2.05, 4.69) is 5.32 Å². The average molecular weight is 210 g/mol. The Morgan fingerprint density at radius 2 is 2.07 bits per heavy atom. The van der Waals surface area contributed by atoms with E-state index in [4.69, 9.17) is 10.5 Å². The Hall–Kier alpha value is -1.29. The number of halogens is 1. The molecule has 0 saturated carbocycles. The molecule has 0 aliphatic carbocycles. The third-order valence-electron chi connectivity index (χ3n) is 2.59. The van der Waals surface area contributed by atoms with E-state index >= 15 is 0 Å². The maximum Gasteiger partial charge on any atom is 0.125 e. The molecule has 1 saturated heterocycles. The van der Waals surface area contributed by atoms with E-state index in [0.29, 0.717) is 11.7 Å². The summed E-state index contributed by atoms with van der Waals surface area (Å²) in [5.74, 6) is -0.301. The molecule has 1 aliphatic rings. The molecule has 0 aromatic heterocycles. The quantitative estimate of drug-likeness (QED) is 0.734. The maximum atomic E-state index is 12.8. The van der Waals surface area contributed by atoms with Crippen LogP contribution in [0.15, 0.2) is 18.2 Å². The standard InChI is InChI=1S/C11H15FN2O/c12-8-1-2-11(10(13)7-8)14-9-3-5-15-6-4-9/h1-2,7,9,14H,3-6,13H2. The van der Waals surface area contributed by atoms with Crippen molar-refractivity contribution in [3.63, 3.8) is 0 Å². The Labute approximate surface area is 88.4 Å². The fraction of sp³-hybridized carbons (Fsp3) is 0.455. The number of hydrogen-bond donors (Lipinski definition) is 2. The lowest BCUT2D eigenvalue weighted by Gasteiger charge is -2.24. The Morgan fingerprint density at radius 3 is 2.73 bits per heavy atom. The first-order valence-corrected chi connectivity index (χ1v) is 5.15. The highest BCUT2D eigenvalue weighted by Gasteiger charge is 2.14. The molecule has 0 bridgehead atoms. The third kappa shape index (κ3) is 2.59. The SMILES string of the molecule is Nc1cc(F)ccc1NC1CCOCC1. The lowest BCUT2D eigenvalue weighted by Crippen LogP contribution is -2.28. The molecule has 4 heteroatoms. The third-order valence-corrected chi connectivity index (χ3v) is 2.59. The minimum atomic E-state index is -0.301. The van der Waals surface area contributed by atoms with Crippen LogP contribution in [0.5, 0.6) is 0 Å². The van der Waals surface area contributed by atoms with E-state index in [1.165, 1.54) is 12.1 Å². The van der Waals surface area contributed by atoms with Gasteiger partial charge in [-0.15, -0.1) is 0 Å². The van der Waals surface area contributed by atoms with E-state index in [1.807, 2.05) is 0 Å². The smallest absolute Gasteiger partial charge is 0.125 e. The first-order valence-electron chi connectivity index (χ1n) is 5.15. The molecule has 1 heterocycles. The van der Waals surface area contributed by atoms with Gasteiger partial charge in [-0.25, -0.2) is 4.39 Å². The average Bonchev–Trinajstić information content (AvgIpc) is 2.24. The van der Waals surface area contributed by atoms with Crippen molar-refractivity contribution in [1.29, 1.82) is 0 Å². The number of rotatable bonds is 2. The Kier molecular flexibility index (Phi) is 3.06. The summed E-state index contributed by atoms with van der Waals surface area (Å²) in [6.07, 6.45) is 1.94. The van der Waals surface area contributed by atoms with Crippen molar-refractivity contribution in [2.24, 2.45) is 0 Å². The van der Waals surface area contributed by atoms with Crippen LogP contribution in [-0.2, 0) is 4.74 Å². The highest BCUT2D eigenvalue weighted by Crippen LogP contribution is 2.22. The van der Waals surface area contributed by atoms with E-state index < -0.39 is 0 Å². The maximum absolute atomic E-state index is 12.8. The Balaban J connectivity index is 2.03. The molecule has 2 rings (SSSR count). The second kappa shape index (κ2) is 4.49. The summed E-state index contributed by atoms with van der Waals surface area (Å²) < 4.78 is 18.1. The molecule has 1 aliphatic heterocycles. The number of nitrogen functional groups attached to an aromatic ring is 1. The van der Waals surface area contributed by atoms with Crippen LogP contribution >= 0.6 is 0 Å². The molecule has 1 aromatic carbocycles. The van der Waals surface area contributed by atoms with Crippen molar-refractivity contribution in [3.05, 3.63) is 24.0 Å². The van der Waals surface area contributed by atoms with Gasteiger partial charge in [0, 0.05) is 19.3 Å². The van der Waals surface area contributed by atoms with Crippen molar-refractivity contribution in [3.8, 4) is 0 Å². The van der Waals surface area contributed by atoms with Gasteiger partial charge >= 0.3 is 0 Å². The number of hydrogen-bond acceptors (Lipinski definition) is 3. The summed E-state index contributed by atoms with van der Waals surface area (Å²) >= 11 is 0. The predicted octanol–water partition coefficient (Wildman–Crippen LogP) is 2.00. The summed E-state index contributed by atoms with van der Waals surface area (Å²) in [5, 5.41) is 3.30. The van der Waals surface area contributed by atoms with Gasteiger partial charge in [0.1, 0.15) is 5.82 Å². The van der Waals surface area contributed by atoms with Crippen LogP contribution in [0.25, 0.3) is 0 Å². The van der Waals surface area contributed by atoms with Gasteiger partial charge in [0.2, 0.25) is 0 Å². The van der Waals surface area contributed by atoms with Crippen LogP contribution in [0.1, 0.15) is 12.8 Å². The normalized spacial score (nSPS) is 17.7. The largest absolute Gasteiger partial charge is 0.397 e. The monoisotopic (exact) mass is 210 g/mol. The van der Waals surface area contributed by atoms with Crippen LogP contribution in [0, 0.1) is 5.82 Å². The minimum Gasteiger partial charge on any atom is -0.397 e. The summed E-state index contributed by atoms with van der Waals surface area (Å²) in [6.45, 7) is 1.55. The molecule has 0 spiro atoms. The first kappa shape index (κ1) is 10.2. The first-order chi connectivity index (χ1) is 7.25. The zero-order valence-electron chi connectivity index (χ0n) is 8.50. The fourth-order valence-electron chi connectivity index (χ4n) is 1.73. The van der Waals surface area contributed by atoms with Crippen LogP contribution in [-0.4, -0.2) is 19.3 Å². The van der Waals surface area contributed by atoms with Crippen LogP contribution in [0.4, 0.5) is 15.8 Å². The van der Waals surface area contributed by atoms with Gasteiger partial charge < -0.3 is 15.8 Å². The molecule has 0 atom stereocenters. The zero-order valence-corrected chi connectivity index (χ0v) is 8.50. The topological polar surface area (TPSA) is 47.3 Å². The van der Waals surface area contributed by atoms with Gasteiger partial charge in [-0.05, 0) is 31.0 Å². The number of anilines is 2. The molecular formula is C11H15FN2O. The molecule has 0 radical (unpaired) electrons. The van der Waals surface area contributed by atoms with Crippen LogP contribution in [0.3, 0.4) is 0 Å². The second-order valence-corrected chi connectivity index (χ2v) is 3.76. The lowest BCUT2D eigenvalue weighted by molar-refractivity contribution is 0.0904. The van der Waals surface area contributed by atoms with E-state index in [0.717, 1.165) is 31.7 Å². The number of ether oxygens (including phenoxy) is 1. The highest BCUT2D eigenvalue weighted by molar-refractivity contribution is 5.66. The molecule has 15 heavy (non-hydrogen) atoms. The van der Waals surface area contributed by atoms with Crippen molar-refractivity contribution in [2.45, 2.75) is 18.9 Å². The van der Waals surface area contributed by atoms with Gasteiger partial charge in [-0.1, -0.05) is 0 Å². The summed E-state index contributed by atoms with van der Waals surface area (Å²) in [7, 11) is 0. The van der Waals surface area contributed by atoms with Gasteiger partial charge in [-0.2, -0.15) is 0 Å². The highest BCUT2D eigenvalue weighted by atomic mass is 19.1. The second-order valence-electron chi connectivity index (χ2n) is 3.76. The summed E-state index contributed by atoms with van der Waals surface area (Å²) in [6, 6.07) is 4.81.